The molecule has 158 valence electrons. The first-order valence-electron chi connectivity index (χ1n) is 9.38. The number of amides is 1. The molecule has 1 amide bonds. The van der Waals surface area contributed by atoms with Gasteiger partial charge in [0, 0.05) is 0 Å². The van der Waals surface area contributed by atoms with E-state index in [-0.39, 0.29) is 23.0 Å². The largest absolute Gasteiger partial charge is 0.467 e. The Kier molecular flexibility index (Phi) is 5.87. The van der Waals surface area contributed by atoms with Crippen LogP contribution in [0.2, 0.25) is 0 Å². The molecule has 0 saturated carbocycles. The summed E-state index contributed by atoms with van der Waals surface area (Å²) in [6.07, 6.45) is 1.25. The first-order valence-corrected chi connectivity index (χ1v) is 9.38. The molecule has 1 unspecified atom stereocenters. The number of esters is 1. The molecule has 1 heterocycles. The van der Waals surface area contributed by atoms with Crippen molar-refractivity contribution in [3.05, 3.63) is 65.5 Å². The van der Waals surface area contributed by atoms with Gasteiger partial charge in [-0.15, -0.1) is 0 Å². The van der Waals surface area contributed by atoms with Crippen LogP contribution in [0.3, 0.4) is 0 Å². The van der Waals surface area contributed by atoms with Gasteiger partial charge in [-0.05, 0) is 28.7 Å². The molecule has 0 aliphatic carbocycles. The lowest BCUT2D eigenvalue weighted by Crippen LogP contribution is -2.36. The number of nitrogens with zero attached hydrogens (tertiary/aromatic N) is 2. The predicted molar refractivity (Wildman–Crippen MR) is 108 cm³/mol. The van der Waals surface area contributed by atoms with Gasteiger partial charge in [0.25, 0.3) is 0 Å². The van der Waals surface area contributed by atoms with Crippen LogP contribution in [0.15, 0.2) is 42.7 Å². The average molecular weight is 415 g/mol. The summed E-state index contributed by atoms with van der Waals surface area (Å²) in [6.45, 7) is 5.86. The topological polar surface area (TPSA) is 73.2 Å². The van der Waals surface area contributed by atoms with E-state index in [9.17, 15) is 18.4 Å². The van der Waals surface area contributed by atoms with Gasteiger partial charge in [0.05, 0.1) is 19.0 Å². The van der Waals surface area contributed by atoms with Gasteiger partial charge >= 0.3 is 5.97 Å². The first kappa shape index (κ1) is 21.4. The van der Waals surface area contributed by atoms with Crippen LogP contribution in [0.4, 0.5) is 8.78 Å². The van der Waals surface area contributed by atoms with Gasteiger partial charge in [-0.3, -0.25) is 4.79 Å². The number of methoxy groups -OCH3 is 1. The van der Waals surface area contributed by atoms with Crippen molar-refractivity contribution in [2.24, 2.45) is 0 Å². The first-order chi connectivity index (χ1) is 14.1. The molecule has 1 N–H and O–H groups in total. The zero-order chi connectivity index (χ0) is 22.1. The molecule has 1 aromatic heterocycles. The highest BCUT2D eigenvalue weighted by atomic mass is 19.2. The van der Waals surface area contributed by atoms with E-state index in [0.29, 0.717) is 5.56 Å². The Morgan fingerprint density at radius 2 is 1.80 bits per heavy atom. The number of halogens is 2. The minimum Gasteiger partial charge on any atom is -0.467 e. The van der Waals surface area contributed by atoms with Crippen LogP contribution >= 0.6 is 0 Å². The molecule has 0 saturated heterocycles. The van der Waals surface area contributed by atoms with E-state index in [0.717, 1.165) is 11.6 Å². The molecule has 0 spiro atoms. The molecule has 3 rings (SSSR count). The Morgan fingerprint density at radius 1 is 1.13 bits per heavy atom. The number of carbonyl (C=O) groups is 2. The predicted octanol–water partition coefficient (Wildman–Crippen LogP) is 3.64. The summed E-state index contributed by atoms with van der Waals surface area (Å²) in [5, 5.41) is 2.60. The summed E-state index contributed by atoms with van der Waals surface area (Å²) in [5.41, 5.74) is 1.67. The van der Waals surface area contributed by atoms with Crippen LogP contribution in [0.25, 0.3) is 11.0 Å². The van der Waals surface area contributed by atoms with E-state index < -0.39 is 29.6 Å². The third-order valence-electron chi connectivity index (χ3n) is 4.84. The molecular weight excluding hydrogens is 392 g/mol. The fourth-order valence-corrected chi connectivity index (χ4v) is 3.15. The third-order valence-corrected chi connectivity index (χ3v) is 4.84. The summed E-state index contributed by atoms with van der Waals surface area (Å²) in [6, 6.07) is 8.55. The highest BCUT2D eigenvalue weighted by Crippen LogP contribution is 2.25. The molecule has 30 heavy (non-hydrogen) atoms. The highest BCUT2D eigenvalue weighted by Gasteiger charge is 2.25. The fraction of sp³-hybridized carbons (Fsp3) is 0.318. The number of hydrogen-bond donors (Lipinski definition) is 1. The lowest BCUT2D eigenvalue weighted by molar-refractivity contribution is -0.145. The molecule has 6 nitrogen and oxygen atoms in total. The number of ether oxygens (including phenoxy) is 1. The highest BCUT2D eigenvalue weighted by molar-refractivity contribution is 5.86. The number of nitrogens with one attached hydrogen (secondary N) is 1. The zero-order valence-electron chi connectivity index (χ0n) is 17.2. The van der Waals surface area contributed by atoms with Crippen molar-refractivity contribution < 1.29 is 23.1 Å². The van der Waals surface area contributed by atoms with Gasteiger partial charge in [0.15, 0.2) is 17.7 Å². The van der Waals surface area contributed by atoms with Gasteiger partial charge in [0.2, 0.25) is 5.91 Å². The Morgan fingerprint density at radius 3 is 2.40 bits per heavy atom. The maximum atomic E-state index is 14.1. The van der Waals surface area contributed by atoms with Crippen molar-refractivity contribution in [3.63, 3.8) is 0 Å². The second-order valence-corrected chi connectivity index (χ2v) is 8.00. The Bertz CT molecular complexity index is 1090. The second kappa shape index (κ2) is 8.22. The maximum absolute atomic E-state index is 14.1. The van der Waals surface area contributed by atoms with Gasteiger partial charge < -0.3 is 14.6 Å². The zero-order valence-corrected chi connectivity index (χ0v) is 17.2. The molecule has 8 heteroatoms. The molecule has 3 aromatic rings. The van der Waals surface area contributed by atoms with E-state index in [1.165, 1.54) is 24.1 Å². The van der Waals surface area contributed by atoms with Gasteiger partial charge in [-0.25, -0.2) is 18.6 Å². The molecule has 0 bridgehead atoms. The molecule has 0 radical (unpaired) electrons. The number of benzene rings is 2. The molecule has 1 atom stereocenters. The normalized spacial score (nSPS) is 12.6. The van der Waals surface area contributed by atoms with Gasteiger partial charge in [-0.2, -0.15) is 0 Å². The number of fused-ring (bicyclic) bond motifs is 1. The summed E-state index contributed by atoms with van der Waals surface area (Å²) in [4.78, 5) is 28.9. The van der Waals surface area contributed by atoms with Crippen LogP contribution < -0.4 is 5.32 Å². The molecular formula is C22H23F2N3O3. The van der Waals surface area contributed by atoms with Gasteiger partial charge in [-0.1, -0.05) is 45.0 Å². The number of imidazole rings is 1. The van der Waals surface area contributed by atoms with Crippen molar-refractivity contribution in [1.82, 2.24) is 14.9 Å². The van der Waals surface area contributed by atoms with Gasteiger partial charge in [0.1, 0.15) is 12.1 Å². The van der Waals surface area contributed by atoms with E-state index in [1.807, 2.05) is 12.1 Å². The minimum absolute atomic E-state index is 0.0651. The smallest absolute Gasteiger partial charge is 0.333 e. The standard InChI is InChI=1S/C22H23F2N3O3/c1-22(2,3)14-7-5-13(6-8-14)19(21(29)30-4)26-17(28)11-27-12-25-16-10-9-15(23)18(24)20(16)27/h5-10,12,19H,11H2,1-4H3,(H,26,28). The molecule has 0 aliphatic heterocycles. The summed E-state index contributed by atoms with van der Waals surface area (Å²) in [5.74, 6) is -3.33. The summed E-state index contributed by atoms with van der Waals surface area (Å²) < 4.78 is 33.7. The van der Waals surface area contributed by atoms with E-state index in [1.54, 1.807) is 12.1 Å². The Hall–Kier alpha value is -3.29. The van der Waals surface area contributed by atoms with Crippen molar-refractivity contribution in [1.29, 1.82) is 0 Å². The van der Waals surface area contributed by atoms with Crippen LogP contribution in [0, 0.1) is 11.6 Å². The minimum atomic E-state index is -1.08. The third kappa shape index (κ3) is 4.32. The SMILES string of the molecule is COC(=O)C(NC(=O)Cn1cnc2ccc(F)c(F)c21)c1ccc(C(C)(C)C)cc1. The van der Waals surface area contributed by atoms with Crippen LogP contribution in [-0.2, 0) is 26.3 Å². The van der Waals surface area contributed by atoms with Crippen molar-refractivity contribution in [3.8, 4) is 0 Å². The second-order valence-electron chi connectivity index (χ2n) is 8.00. The van der Waals surface area contributed by atoms with Crippen LogP contribution in [0.1, 0.15) is 37.9 Å². The van der Waals surface area contributed by atoms with E-state index in [4.69, 9.17) is 4.74 Å². The van der Waals surface area contributed by atoms with Crippen molar-refractivity contribution >= 4 is 22.9 Å². The van der Waals surface area contributed by atoms with Crippen LogP contribution in [0.5, 0.6) is 0 Å². The number of rotatable bonds is 5. The van der Waals surface area contributed by atoms with Crippen LogP contribution in [-0.4, -0.2) is 28.5 Å². The van der Waals surface area contributed by atoms with E-state index >= 15 is 0 Å². The lowest BCUT2D eigenvalue weighted by atomic mass is 9.86. The van der Waals surface area contributed by atoms with E-state index in [2.05, 4.69) is 31.1 Å². The average Bonchev–Trinajstić information content (AvgIpc) is 3.11. The fourth-order valence-electron chi connectivity index (χ4n) is 3.15. The number of carbonyl (C=O) groups excluding carboxylic acids is 2. The lowest BCUT2D eigenvalue weighted by Gasteiger charge is -2.21. The summed E-state index contributed by atoms with van der Waals surface area (Å²) >= 11 is 0. The number of aromatic nitrogens is 2. The van der Waals surface area contributed by atoms with Crippen molar-refractivity contribution in [2.75, 3.05) is 7.11 Å². The maximum Gasteiger partial charge on any atom is 0.333 e. The molecule has 2 aromatic carbocycles. The monoisotopic (exact) mass is 415 g/mol. The van der Waals surface area contributed by atoms with Crippen molar-refractivity contribution in [2.45, 2.75) is 38.8 Å². The molecule has 0 fully saturated rings. The Labute approximate surface area is 172 Å². The molecule has 0 aliphatic rings. The number of hydrogen-bond acceptors (Lipinski definition) is 4. The quantitative estimate of drug-likeness (QED) is 0.646. The Balaban J connectivity index is 1.83. The summed E-state index contributed by atoms with van der Waals surface area (Å²) in [7, 11) is 1.23.